The highest BCUT2D eigenvalue weighted by Crippen LogP contribution is 2.34. The van der Waals surface area contributed by atoms with Crippen molar-refractivity contribution >= 4 is 38.9 Å². The lowest BCUT2D eigenvalue weighted by molar-refractivity contribution is 0.415. The van der Waals surface area contributed by atoms with Crippen LogP contribution < -0.4 is 4.74 Å². The summed E-state index contributed by atoms with van der Waals surface area (Å²) in [6.45, 7) is 2.02. The first-order valence-corrected chi connectivity index (χ1v) is 6.57. The van der Waals surface area contributed by atoms with Gasteiger partial charge in [0.2, 0.25) is 0 Å². The van der Waals surface area contributed by atoms with Gasteiger partial charge in [-0.05, 0) is 41.1 Å². The van der Waals surface area contributed by atoms with Crippen molar-refractivity contribution in [1.29, 1.82) is 0 Å². The number of aromatic nitrogens is 1. The molecular weight excluding hydrogens is 310 g/mol. The van der Waals surface area contributed by atoms with E-state index >= 15 is 0 Å². The lowest BCUT2D eigenvalue weighted by atomic mass is 10.2. The molecule has 0 atom stereocenters. The third-order valence-electron chi connectivity index (χ3n) is 2.14. The number of thiazole rings is 1. The average Bonchev–Trinajstić information content (AvgIpc) is 2.59. The topological polar surface area (TPSA) is 22.1 Å². The number of ether oxygens (including phenoxy) is 1. The fraction of sp³-hybridized carbons (Fsp3) is 0.182. The SMILES string of the molecule is COc1ccc(-c2nc(Br)c(C)s2)cc1Cl. The highest BCUT2D eigenvalue weighted by molar-refractivity contribution is 9.10. The maximum absolute atomic E-state index is 6.07. The number of hydrogen-bond donors (Lipinski definition) is 0. The van der Waals surface area contributed by atoms with E-state index in [-0.39, 0.29) is 0 Å². The van der Waals surface area contributed by atoms with Crippen LogP contribution in [0.15, 0.2) is 22.8 Å². The molecule has 0 aliphatic heterocycles. The minimum absolute atomic E-state index is 0.601. The number of nitrogens with zero attached hydrogens (tertiary/aromatic N) is 1. The minimum Gasteiger partial charge on any atom is -0.495 e. The first kappa shape index (κ1) is 11.9. The Hall–Kier alpha value is -0.580. The molecule has 2 aromatic rings. The van der Waals surface area contributed by atoms with E-state index in [0.29, 0.717) is 10.8 Å². The third-order valence-corrected chi connectivity index (χ3v) is 4.49. The van der Waals surface area contributed by atoms with Crippen molar-refractivity contribution < 1.29 is 4.74 Å². The summed E-state index contributed by atoms with van der Waals surface area (Å²) in [7, 11) is 1.60. The van der Waals surface area contributed by atoms with Gasteiger partial charge >= 0.3 is 0 Å². The molecule has 0 bridgehead atoms. The lowest BCUT2D eigenvalue weighted by Gasteiger charge is -2.03. The second-order valence-electron chi connectivity index (χ2n) is 3.22. The number of hydrogen-bond acceptors (Lipinski definition) is 3. The van der Waals surface area contributed by atoms with E-state index in [4.69, 9.17) is 16.3 Å². The van der Waals surface area contributed by atoms with E-state index in [2.05, 4.69) is 20.9 Å². The Bertz CT molecular complexity index is 507. The molecule has 0 N–H and O–H groups in total. The number of halogens is 2. The van der Waals surface area contributed by atoms with Gasteiger partial charge in [-0.1, -0.05) is 11.6 Å². The Morgan fingerprint density at radius 1 is 1.44 bits per heavy atom. The zero-order valence-electron chi connectivity index (χ0n) is 8.75. The van der Waals surface area contributed by atoms with Gasteiger partial charge in [0.15, 0.2) is 0 Å². The molecule has 0 aliphatic carbocycles. The first-order chi connectivity index (χ1) is 7.61. The zero-order valence-corrected chi connectivity index (χ0v) is 11.9. The number of aryl methyl sites for hydroxylation is 1. The van der Waals surface area contributed by atoms with Crippen molar-refractivity contribution in [2.45, 2.75) is 6.92 Å². The van der Waals surface area contributed by atoms with Crippen LogP contribution in [0.2, 0.25) is 5.02 Å². The maximum atomic E-state index is 6.07. The predicted molar refractivity (Wildman–Crippen MR) is 71.5 cm³/mol. The van der Waals surface area contributed by atoms with E-state index in [0.717, 1.165) is 20.1 Å². The summed E-state index contributed by atoms with van der Waals surface area (Å²) in [4.78, 5) is 5.57. The van der Waals surface area contributed by atoms with E-state index in [9.17, 15) is 0 Å². The van der Waals surface area contributed by atoms with E-state index < -0.39 is 0 Å². The number of benzene rings is 1. The molecule has 0 fully saturated rings. The van der Waals surface area contributed by atoms with Crippen molar-refractivity contribution in [3.05, 3.63) is 32.7 Å². The lowest BCUT2D eigenvalue weighted by Crippen LogP contribution is -1.84. The van der Waals surface area contributed by atoms with Crippen LogP contribution in [0.1, 0.15) is 4.88 Å². The molecule has 0 radical (unpaired) electrons. The molecule has 1 aromatic heterocycles. The minimum atomic E-state index is 0.601. The fourth-order valence-electron chi connectivity index (χ4n) is 1.30. The summed E-state index contributed by atoms with van der Waals surface area (Å²) in [5.41, 5.74) is 1.00. The highest BCUT2D eigenvalue weighted by Gasteiger charge is 2.09. The molecule has 0 saturated heterocycles. The molecule has 1 aromatic carbocycles. The molecule has 1 heterocycles. The molecule has 84 valence electrons. The molecule has 5 heteroatoms. The van der Waals surface area contributed by atoms with Gasteiger partial charge in [-0.25, -0.2) is 4.98 Å². The Labute approximate surface area is 111 Å². The smallest absolute Gasteiger partial charge is 0.137 e. The molecule has 0 aliphatic rings. The Morgan fingerprint density at radius 2 is 2.19 bits per heavy atom. The van der Waals surface area contributed by atoms with Crippen molar-refractivity contribution in [2.75, 3.05) is 7.11 Å². The molecule has 0 spiro atoms. The van der Waals surface area contributed by atoms with Crippen LogP contribution in [-0.2, 0) is 0 Å². The van der Waals surface area contributed by atoms with Crippen molar-refractivity contribution in [1.82, 2.24) is 4.98 Å². The standard InChI is InChI=1S/C11H9BrClNOS/c1-6-10(12)14-11(16-6)7-3-4-9(15-2)8(13)5-7/h3-5H,1-2H3. The fourth-order valence-corrected chi connectivity index (χ4v) is 2.90. The van der Waals surface area contributed by atoms with Gasteiger partial charge < -0.3 is 4.74 Å². The molecule has 0 saturated carbocycles. The molecule has 0 unspecified atom stereocenters. The maximum Gasteiger partial charge on any atom is 0.137 e. The Morgan fingerprint density at radius 3 is 2.69 bits per heavy atom. The van der Waals surface area contributed by atoms with Crippen molar-refractivity contribution in [3.63, 3.8) is 0 Å². The van der Waals surface area contributed by atoms with Crippen LogP contribution in [0.4, 0.5) is 0 Å². The summed E-state index contributed by atoms with van der Waals surface area (Å²) in [6.07, 6.45) is 0. The van der Waals surface area contributed by atoms with Crippen LogP contribution in [0.3, 0.4) is 0 Å². The van der Waals surface area contributed by atoms with Crippen molar-refractivity contribution in [3.8, 4) is 16.3 Å². The zero-order chi connectivity index (χ0) is 11.7. The van der Waals surface area contributed by atoms with Crippen LogP contribution in [0.5, 0.6) is 5.75 Å². The van der Waals surface area contributed by atoms with Crippen LogP contribution in [0.25, 0.3) is 10.6 Å². The molecule has 16 heavy (non-hydrogen) atoms. The molecule has 2 rings (SSSR count). The average molecular weight is 319 g/mol. The summed E-state index contributed by atoms with van der Waals surface area (Å²) in [6, 6.07) is 5.67. The van der Waals surface area contributed by atoms with E-state index in [1.165, 1.54) is 0 Å². The van der Waals surface area contributed by atoms with Gasteiger partial charge in [0.1, 0.15) is 15.4 Å². The Kier molecular flexibility index (Phi) is 3.52. The summed E-state index contributed by atoms with van der Waals surface area (Å²) < 4.78 is 5.99. The second-order valence-corrected chi connectivity index (χ2v) is 5.58. The highest BCUT2D eigenvalue weighted by atomic mass is 79.9. The van der Waals surface area contributed by atoms with Crippen LogP contribution in [-0.4, -0.2) is 12.1 Å². The number of methoxy groups -OCH3 is 1. The van der Waals surface area contributed by atoms with E-state index in [1.54, 1.807) is 18.4 Å². The van der Waals surface area contributed by atoms with Gasteiger partial charge in [-0.15, -0.1) is 11.3 Å². The van der Waals surface area contributed by atoms with Gasteiger partial charge in [0.25, 0.3) is 0 Å². The summed E-state index contributed by atoms with van der Waals surface area (Å²) >= 11 is 11.1. The molecular formula is C11H9BrClNOS. The van der Waals surface area contributed by atoms with Gasteiger partial charge in [0, 0.05) is 10.4 Å². The summed E-state index contributed by atoms with van der Waals surface area (Å²) in [5, 5.41) is 1.55. The van der Waals surface area contributed by atoms with Crippen LogP contribution in [0, 0.1) is 6.92 Å². The third kappa shape index (κ3) is 2.24. The predicted octanol–water partition coefficient (Wildman–Crippen LogP) is 4.54. The molecule has 2 nitrogen and oxygen atoms in total. The first-order valence-electron chi connectivity index (χ1n) is 4.58. The van der Waals surface area contributed by atoms with Gasteiger partial charge in [-0.2, -0.15) is 0 Å². The largest absolute Gasteiger partial charge is 0.495 e. The second kappa shape index (κ2) is 4.73. The van der Waals surface area contributed by atoms with Crippen molar-refractivity contribution in [2.24, 2.45) is 0 Å². The monoisotopic (exact) mass is 317 g/mol. The molecule has 0 amide bonds. The Balaban J connectivity index is 2.45. The normalized spacial score (nSPS) is 10.5. The van der Waals surface area contributed by atoms with Gasteiger partial charge in [-0.3, -0.25) is 0 Å². The number of rotatable bonds is 2. The van der Waals surface area contributed by atoms with Gasteiger partial charge in [0.05, 0.1) is 12.1 Å². The van der Waals surface area contributed by atoms with Crippen LogP contribution >= 0.6 is 38.9 Å². The summed E-state index contributed by atoms with van der Waals surface area (Å²) in [5.74, 6) is 0.678. The quantitative estimate of drug-likeness (QED) is 0.811. The van der Waals surface area contributed by atoms with E-state index in [1.807, 2.05) is 25.1 Å².